The Kier molecular flexibility index (Phi) is 7.35. The minimum absolute atomic E-state index is 0.00862. The van der Waals surface area contributed by atoms with E-state index in [2.05, 4.69) is 6.92 Å². The standard InChI is InChI=1S/C22H26Cl2O3S/c1-5-6-7-15-8-9-16(12-20(15)28(26,27)14-22(2,3)4)21(25)18-13-17(23)10-11-19(18)24/h8-13H,5-7,14H2,1-4H3. The van der Waals surface area contributed by atoms with Gasteiger partial charge in [0.25, 0.3) is 0 Å². The zero-order valence-corrected chi connectivity index (χ0v) is 19.0. The molecule has 0 N–H and O–H groups in total. The van der Waals surface area contributed by atoms with Gasteiger partial charge in [-0.15, -0.1) is 0 Å². The molecule has 0 aliphatic heterocycles. The molecule has 2 rings (SSSR count). The number of benzene rings is 2. The lowest BCUT2D eigenvalue weighted by atomic mass is 10.00. The molecule has 6 heteroatoms. The largest absolute Gasteiger partial charge is 0.289 e. The second-order valence-electron chi connectivity index (χ2n) is 8.20. The molecule has 0 spiro atoms. The van der Waals surface area contributed by atoms with Crippen LogP contribution in [0.3, 0.4) is 0 Å². The van der Waals surface area contributed by atoms with E-state index < -0.39 is 15.3 Å². The van der Waals surface area contributed by atoms with Crippen molar-refractivity contribution >= 4 is 38.8 Å². The predicted molar refractivity (Wildman–Crippen MR) is 116 cm³/mol. The molecule has 3 nitrogen and oxygen atoms in total. The molecule has 0 aliphatic carbocycles. The van der Waals surface area contributed by atoms with E-state index in [9.17, 15) is 13.2 Å². The van der Waals surface area contributed by atoms with Crippen LogP contribution in [0.5, 0.6) is 0 Å². The van der Waals surface area contributed by atoms with Crippen molar-refractivity contribution in [2.75, 3.05) is 5.75 Å². The summed E-state index contributed by atoms with van der Waals surface area (Å²) in [5.74, 6) is -0.337. The summed E-state index contributed by atoms with van der Waals surface area (Å²) in [6.45, 7) is 7.72. The summed E-state index contributed by atoms with van der Waals surface area (Å²) >= 11 is 12.2. The summed E-state index contributed by atoms with van der Waals surface area (Å²) in [6.07, 6.45) is 2.49. The number of carbonyl (C=O) groups is 1. The average molecular weight is 441 g/mol. The number of hydrogen-bond donors (Lipinski definition) is 0. The highest BCUT2D eigenvalue weighted by atomic mass is 35.5. The minimum Gasteiger partial charge on any atom is -0.289 e. The topological polar surface area (TPSA) is 51.2 Å². The second-order valence-corrected chi connectivity index (χ2v) is 11.0. The first kappa shape index (κ1) is 22.9. The van der Waals surface area contributed by atoms with E-state index in [-0.39, 0.29) is 32.6 Å². The number of sulfone groups is 1. The Labute approximate surface area is 178 Å². The van der Waals surface area contributed by atoms with E-state index >= 15 is 0 Å². The number of rotatable bonds is 7. The Balaban J connectivity index is 2.57. The number of aryl methyl sites for hydroxylation is 1. The molecule has 0 saturated heterocycles. The summed E-state index contributed by atoms with van der Waals surface area (Å²) in [7, 11) is -3.55. The van der Waals surface area contributed by atoms with Gasteiger partial charge < -0.3 is 0 Å². The molecule has 28 heavy (non-hydrogen) atoms. The van der Waals surface area contributed by atoms with Crippen molar-refractivity contribution in [3.63, 3.8) is 0 Å². The molecule has 152 valence electrons. The van der Waals surface area contributed by atoms with Crippen LogP contribution in [0.1, 0.15) is 62.0 Å². The summed E-state index contributed by atoms with van der Waals surface area (Å²) in [4.78, 5) is 13.2. The Bertz CT molecular complexity index is 974. The minimum atomic E-state index is -3.55. The lowest BCUT2D eigenvalue weighted by molar-refractivity contribution is 0.103. The van der Waals surface area contributed by atoms with Gasteiger partial charge in [0.05, 0.1) is 15.7 Å². The van der Waals surface area contributed by atoms with Crippen LogP contribution in [0.25, 0.3) is 0 Å². The first-order valence-electron chi connectivity index (χ1n) is 9.30. The predicted octanol–water partition coefficient (Wildman–Crippen LogP) is 6.39. The molecular weight excluding hydrogens is 415 g/mol. The van der Waals surface area contributed by atoms with Gasteiger partial charge in [0.15, 0.2) is 15.6 Å². The van der Waals surface area contributed by atoms with Gasteiger partial charge in [-0.3, -0.25) is 4.79 Å². The fourth-order valence-electron chi connectivity index (χ4n) is 3.03. The number of halogens is 2. The summed E-state index contributed by atoms with van der Waals surface area (Å²) < 4.78 is 26.2. The van der Waals surface area contributed by atoms with E-state index in [0.717, 1.165) is 18.4 Å². The molecule has 0 saturated carbocycles. The molecular formula is C22H26Cl2O3S. The van der Waals surface area contributed by atoms with Crippen LogP contribution < -0.4 is 0 Å². The molecule has 0 heterocycles. The molecule has 0 aliphatic rings. The van der Waals surface area contributed by atoms with Crippen LogP contribution >= 0.6 is 23.2 Å². The molecule has 0 atom stereocenters. The molecule has 0 unspecified atom stereocenters. The second kappa shape index (κ2) is 8.98. The van der Waals surface area contributed by atoms with Crippen LogP contribution in [0.2, 0.25) is 10.0 Å². The molecule has 0 fully saturated rings. The fourth-order valence-corrected chi connectivity index (χ4v) is 5.58. The van der Waals surface area contributed by atoms with E-state index in [4.69, 9.17) is 23.2 Å². The van der Waals surface area contributed by atoms with Gasteiger partial charge in [-0.25, -0.2) is 8.42 Å². The first-order valence-corrected chi connectivity index (χ1v) is 11.7. The van der Waals surface area contributed by atoms with Crippen LogP contribution in [0, 0.1) is 5.41 Å². The first-order chi connectivity index (χ1) is 12.9. The molecule has 0 aromatic heterocycles. The summed E-state index contributed by atoms with van der Waals surface area (Å²) in [6, 6.07) is 9.57. The third-order valence-electron chi connectivity index (χ3n) is 4.26. The Morgan fingerprint density at radius 1 is 1.04 bits per heavy atom. The van der Waals surface area contributed by atoms with Crippen molar-refractivity contribution in [2.45, 2.75) is 51.9 Å². The fraction of sp³-hybridized carbons (Fsp3) is 0.409. The number of ketones is 1. The Morgan fingerprint density at radius 3 is 2.32 bits per heavy atom. The van der Waals surface area contributed by atoms with E-state index in [1.165, 1.54) is 12.1 Å². The average Bonchev–Trinajstić information content (AvgIpc) is 2.59. The smallest absolute Gasteiger partial charge is 0.194 e. The van der Waals surface area contributed by atoms with Gasteiger partial charge in [-0.1, -0.05) is 69.5 Å². The zero-order chi connectivity index (χ0) is 21.1. The van der Waals surface area contributed by atoms with Gasteiger partial charge in [-0.2, -0.15) is 0 Å². The van der Waals surface area contributed by atoms with Crippen LogP contribution in [-0.4, -0.2) is 20.0 Å². The lowest BCUT2D eigenvalue weighted by Crippen LogP contribution is -2.22. The van der Waals surface area contributed by atoms with Crippen molar-refractivity contribution in [1.82, 2.24) is 0 Å². The Hall–Kier alpha value is -1.36. The van der Waals surface area contributed by atoms with Crippen molar-refractivity contribution in [1.29, 1.82) is 0 Å². The molecule has 2 aromatic rings. The lowest BCUT2D eigenvalue weighted by Gasteiger charge is -2.20. The summed E-state index contributed by atoms with van der Waals surface area (Å²) in [5, 5.41) is 0.677. The number of hydrogen-bond acceptors (Lipinski definition) is 3. The van der Waals surface area contributed by atoms with Crippen LogP contribution in [0.15, 0.2) is 41.3 Å². The van der Waals surface area contributed by atoms with Gasteiger partial charge >= 0.3 is 0 Å². The van der Waals surface area contributed by atoms with Crippen molar-refractivity contribution in [2.24, 2.45) is 5.41 Å². The van der Waals surface area contributed by atoms with E-state index in [0.29, 0.717) is 11.4 Å². The molecule has 2 aromatic carbocycles. The molecule has 0 radical (unpaired) electrons. The highest BCUT2D eigenvalue weighted by Crippen LogP contribution is 2.29. The third-order valence-corrected chi connectivity index (χ3v) is 7.12. The maximum Gasteiger partial charge on any atom is 0.194 e. The van der Waals surface area contributed by atoms with E-state index in [1.807, 2.05) is 20.8 Å². The zero-order valence-electron chi connectivity index (χ0n) is 16.7. The molecule has 0 bridgehead atoms. The molecule has 0 amide bonds. The normalized spacial score (nSPS) is 12.2. The van der Waals surface area contributed by atoms with Gasteiger partial charge in [-0.05, 0) is 48.1 Å². The van der Waals surface area contributed by atoms with Crippen molar-refractivity contribution in [3.05, 3.63) is 63.1 Å². The summed E-state index contributed by atoms with van der Waals surface area (Å²) in [5.41, 5.74) is 0.906. The quantitative estimate of drug-likeness (QED) is 0.468. The number of unbranched alkanes of at least 4 members (excludes halogenated alkanes) is 1. The van der Waals surface area contributed by atoms with Gasteiger partial charge in [0.2, 0.25) is 0 Å². The van der Waals surface area contributed by atoms with Gasteiger partial charge in [0.1, 0.15) is 0 Å². The van der Waals surface area contributed by atoms with Crippen molar-refractivity contribution < 1.29 is 13.2 Å². The SMILES string of the molecule is CCCCc1ccc(C(=O)c2cc(Cl)ccc2Cl)cc1S(=O)(=O)CC(C)(C)C. The van der Waals surface area contributed by atoms with Gasteiger partial charge in [0, 0.05) is 16.1 Å². The maximum atomic E-state index is 13.1. The highest BCUT2D eigenvalue weighted by molar-refractivity contribution is 7.91. The number of carbonyl (C=O) groups excluding carboxylic acids is 1. The van der Waals surface area contributed by atoms with E-state index in [1.54, 1.807) is 24.3 Å². The highest BCUT2D eigenvalue weighted by Gasteiger charge is 2.27. The Morgan fingerprint density at radius 2 is 1.71 bits per heavy atom. The van der Waals surface area contributed by atoms with Crippen LogP contribution in [0.4, 0.5) is 0 Å². The van der Waals surface area contributed by atoms with Crippen LogP contribution in [-0.2, 0) is 16.3 Å². The van der Waals surface area contributed by atoms with Crippen molar-refractivity contribution in [3.8, 4) is 0 Å². The maximum absolute atomic E-state index is 13.1. The monoisotopic (exact) mass is 440 g/mol. The third kappa shape index (κ3) is 5.82.